The van der Waals surface area contributed by atoms with E-state index in [1.807, 2.05) is 0 Å². The first-order valence-electron chi connectivity index (χ1n) is 5.40. The van der Waals surface area contributed by atoms with Crippen LogP contribution in [-0.2, 0) is 0 Å². The number of aromatic nitrogens is 2. The first-order valence-corrected chi connectivity index (χ1v) is 5.40. The Morgan fingerprint density at radius 1 is 1.62 bits per heavy atom. The molecule has 88 valence electrons. The molecule has 1 aliphatic heterocycles. The summed E-state index contributed by atoms with van der Waals surface area (Å²) in [6, 6.07) is 0.303. The topological polar surface area (TPSA) is 79.0 Å². The molecule has 3 N–H and O–H groups in total. The van der Waals surface area contributed by atoms with E-state index in [4.69, 9.17) is 4.74 Å². The number of rotatable bonds is 3. The van der Waals surface area contributed by atoms with Crippen molar-refractivity contribution in [3.8, 4) is 5.75 Å². The second kappa shape index (κ2) is 4.98. The maximum Gasteiger partial charge on any atom is 0.295 e. The number of piperidine rings is 1. The first-order chi connectivity index (χ1) is 7.81. The lowest BCUT2D eigenvalue weighted by atomic mass is 10.1. The van der Waals surface area contributed by atoms with E-state index >= 15 is 0 Å². The number of methoxy groups -OCH3 is 1. The van der Waals surface area contributed by atoms with Crippen molar-refractivity contribution >= 4 is 5.82 Å². The lowest BCUT2D eigenvalue weighted by molar-refractivity contribution is 0.405. The lowest BCUT2D eigenvalue weighted by Gasteiger charge is -2.24. The minimum absolute atomic E-state index is 0.244. The molecule has 1 aromatic rings. The molecule has 0 aromatic carbocycles. The van der Waals surface area contributed by atoms with Crippen molar-refractivity contribution in [1.82, 2.24) is 15.3 Å². The molecule has 0 aliphatic carbocycles. The third kappa shape index (κ3) is 2.33. The number of H-pyrrole nitrogens is 1. The fraction of sp³-hybridized carbons (Fsp3) is 0.600. The van der Waals surface area contributed by atoms with E-state index in [1.165, 1.54) is 13.4 Å². The highest BCUT2D eigenvalue weighted by molar-refractivity contribution is 5.48. The molecule has 1 fully saturated rings. The van der Waals surface area contributed by atoms with Crippen LogP contribution in [0.3, 0.4) is 0 Å². The third-order valence-corrected chi connectivity index (χ3v) is 2.65. The van der Waals surface area contributed by atoms with Gasteiger partial charge in [-0.2, -0.15) is 0 Å². The number of hydrogen-bond acceptors (Lipinski definition) is 5. The summed E-state index contributed by atoms with van der Waals surface area (Å²) < 4.78 is 5.03. The summed E-state index contributed by atoms with van der Waals surface area (Å²) >= 11 is 0. The highest BCUT2D eigenvalue weighted by Crippen LogP contribution is 2.17. The molecular weight excluding hydrogens is 208 g/mol. The number of hydrogen-bond donors (Lipinski definition) is 3. The van der Waals surface area contributed by atoms with Gasteiger partial charge in [0.05, 0.1) is 13.4 Å². The van der Waals surface area contributed by atoms with Crippen LogP contribution >= 0.6 is 0 Å². The largest absolute Gasteiger partial charge is 0.489 e. The van der Waals surface area contributed by atoms with Gasteiger partial charge in [0.1, 0.15) is 0 Å². The van der Waals surface area contributed by atoms with E-state index in [0.717, 1.165) is 25.9 Å². The molecule has 1 aromatic heterocycles. The van der Waals surface area contributed by atoms with E-state index in [1.54, 1.807) is 0 Å². The molecule has 1 aliphatic rings. The highest BCUT2D eigenvalue weighted by Gasteiger charge is 2.16. The second-order valence-electron chi connectivity index (χ2n) is 3.80. The Hall–Kier alpha value is -1.56. The van der Waals surface area contributed by atoms with Crippen LogP contribution in [-0.4, -0.2) is 36.2 Å². The maximum atomic E-state index is 11.4. The summed E-state index contributed by atoms with van der Waals surface area (Å²) in [7, 11) is 1.47. The van der Waals surface area contributed by atoms with Crippen molar-refractivity contribution in [2.75, 3.05) is 25.5 Å². The number of ether oxygens (including phenoxy) is 1. The van der Waals surface area contributed by atoms with E-state index in [9.17, 15) is 4.79 Å². The van der Waals surface area contributed by atoms with Crippen LogP contribution in [0.25, 0.3) is 0 Å². The second-order valence-corrected chi connectivity index (χ2v) is 3.80. The van der Waals surface area contributed by atoms with Crippen molar-refractivity contribution in [2.24, 2.45) is 0 Å². The molecule has 1 saturated heterocycles. The third-order valence-electron chi connectivity index (χ3n) is 2.65. The Bertz CT molecular complexity index is 398. The molecule has 2 rings (SSSR count). The van der Waals surface area contributed by atoms with Gasteiger partial charge in [-0.15, -0.1) is 0 Å². The summed E-state index contributed by atoms with van der Waals surface area (Å²) in [6.07, 6.45) is 3.58. The highest BCUT2D eigenvalue weighted by atomic mass is 16.5. The Balaban J connectivity index is 2.13. The molecule has 1 atom stereocenters. The van der Waals surface area contributed by atoms with Crippen molar-refractivity contribution < 1.29 is 4.74 Å². The van der Waals surface area contributed by atoms with Crippen LogP contribution in [0.1, 0.15) is 12.8 Å². The van der Waals surface area contributed by atoms with E-state index in [2.05, 4.69) is 20.6 Å². The molecule has 0 spiro atoms. The Labute approximate surface area is 93.4 Å². The Morgan fingerprint density at radius 2 is 2.50 bits per heavy atom. The quantitative estimate of drug-likeness (QED) is 0.670. The van der Waals surface area contributed by atoms with Crippen LogP contribution in [0.5, 0.6) is 5.75 Å². The van der Waals surface area contributed by atoms with E-state index in [-0.39, 0.29) is 11.3 Å². The molecule has 0 saturated carbocycles. The van der Waals surface area contributed by atoms with Crippen molar-refractivity contribution in [1.29, 1.82) is 0 Å². The van der Waals surface area contributed by atoms with Crippen molar-refractivity contribution in [3.05, 3.63) is 16.7 Å². The predicted molar refractivity (Wildman–Crippen MR) is 60.9 cm³/mol. The summed E-state index contributed by atoms with van der Waals surface area (Å²) in [4.78, 5) is 18.0. The number of aromatic amines is 1. The summed E-state index contributed by atoms with van der Waals surface area (Å²) in [5.41, 5.74) is -0.260. The molecular formula is C10H16N4O2. The molecule has 0 bridgehead atoms. The van der Waals surface area contributed by atoms with Gasteiger partial charge in [0.25, 0.3) is 5.56 Å². The summed E-state index contributed by atoms with van der Waals surface area (Å²) in [6.45, 7) is 1.94. The molecule has 0 radical (unpaired) electrons. The van der Waals surface area contributed by atoms with Gasteiger partial charge in [-0.05, 0) is 19.4 Å². The molecule has 16 heavy (non-hydrogen) atoms. The van der Waals surface area contributed by atoms with Crippen LogP contribution in [0, 0.1) is 0 Å². The standard InChI is InChI=1S/C10H16N4O2/c1-16-8-9(12-6-13-10(8)15)14-7-3-2-4-11-5-7/h6-7,11H,2-5H2,1H3,(H2,12,13,14,15). The Morgan fingerprint density at radius 3 is 3.19 bits per heavy atom. The smallest absolute Gasteiger partial charge is 0.295 e. The molecule has 1 unspecified atom stereocenters. The van der Waals surface area contributed by atoms with Gasteiger partial charge in [0.2, 0.25) is 5.75 Å². The number of nitrogens with one attached hydrogen (secondary N) is 3. The van der Waals surface area contributed by atoms with Crippen molar-refractivity contribution in [3.63, 3.8) is 0 Å². The first kappa shape index (κ1) is 10.9. The molecule has 2 heterocycles. The fourth-order valence-corrected chi connectivity index (χ4v) is 1.85. The van der Waals surface area contributed by atoms with E-state index in [0.29, 0.717) is 11.9 Å². The fourth-order valence-electron chi connectivity index (χ4n) is 1.85. The monoisotopic (exact) mass is 224 g/mol. The van der Waals surface area contributed by atoms with Crippen LogP contribution in [0.4, 0.5) is 5.82 Å². The van der Waals surface area contributed by atoms with Gasteiger partial charge in [0, 0.05) is 12.6 Å². The minimum Gasteiger partial charge on any atom is -0.489 e. The normalized spacial score (nSPS) is 20.4. The molecule has 6 nitrogen and oxygen atoms in total. The maximum absolute atomic E-state index is 11.4. The average molecular weight is 224 g/mol. The predicted octanol–water partition coefficient (Wildman–Crippen LogP) is -0.0576. The van der Waals surface area contributed by atoms with Gasteiger partial charge >= 0.3 is 0 Å². The molecule has 6 heteroatoms. The van der Waals surface area contributed by atoms with Gasteiger partial charge in [0.15, 0.2) is 5.82 Å². The van der Waals surface area contributed by atoms with Gasteiger partial charge < -0.3 is 20.4 Å². The summed E-state index contributed by atoms with van der Waals surface area (Å²) in [5, 5.41) is 6.51. The van der Waals surface area contributed by atoms with Gasteiger partial charge in [-0.25, -0.2) is 4.98 Å². The van der Waals surface area contributed by atoms with Crippen LogP contribution < -0.4 is 20.9 Å². The molecule has 0 amide bonds. The number of nitrogens with zero attached hydrogens (tertiary/aromatic N) is 1. The van der Waals surface area contributed by atoms with Gasteiger partial charge in [-0.1, -0.05) is 0 Å². The van der Waals surface area contributed by atoms with Crippen LogP contribution in [0.15, 0.2) is 11.1 Å². The van der Waals surface area contributed by atoms with Gasteiger partial charge in [-0.3, -0.25) is 4.79 Å². The Kier molecular flexibility index (Phi) is 3.40. The SMILES string of the molecule is COc1c(NC2CCCNC2)nc[nH]c1=O. The zero-order valence-electron chi connectivity index (χ0n) is 9.25. The zero-order chi connectivity index (χ0) is 11.4. The van der Waals surface area contributed by atoms with Crippen LogP contribution in [0.2, 0.25) is 0 Å². The number of anilines is 1. The minimum atomic E-state index is -0.260. The zero-order valence-corrected chi connectivity index (χ0v) is 9.25. The average Bonchev–Trinajstić information content (AvgIpc) is 2.31. The van der Waals surface area contributed by atoms with Crippen molar-refractivity contribution in [2.45, 2.75) is 18.9 Å². The van der Waals surface area contributed by atoms with E-state index < -0.39 is 0 Å². The lowest BCUT2D eigenvalue weighted by Crippen LogP contribution is -2.39. The summed E-state index contributed by atoms with van der Waals surface area (Å²) in [5.74, 6) is 0.757.